The maximum absolute atomic E-state index is 12.3. The number of amides is 1. The Bertz CT molecular complexity index is 862. The van der Waals surface area contributed by atoms with Crippen LogP contribution < -0.4 is 10.1 Å². The number of benzene rings is 2. The molecule has 2 aromatic carbocycles. The molecule has 1 N–H and O–H groups in total. The van der Waals surface area contributed by atoms with E-state index in [1.165, 1.54) is 0 Å². The molecule has 0 radical (unpaired) electrons. The van der Waals surface area contributed by atoms with Gasteiger partial charge in [-0.1, -0.05) is 54.5 Å². The van der Waals surface area contributed by atoms with Gasteiger partial charge < -0.3 is 14.6 Å². The third-order valence-electron chi connectivity index (χ3n) is 3.95. The zero-order chi connectivity index (χ0) is 18.4. The van der Waals surface area contributed by atoms with Crippen LogP contribution in [0.2, 0.25) is 0 Å². The van der Waals surface area contributed by atoms with E-state index in [2.05, 4.69) is 15.5 Å². The van der Waals surface area contributed by atoms with Gasteiger partial charge in [-0.25, -0.2) is 0 Å². The highest BCUT2D eigenvalue weighted by Gasteiger charge is 2.15. The van der Waals surface area contributed by atoms with Crippen molar-refractivity contribution in [2.24, 2.45) is 0 Å². The summed E-state index contributed by atoms with van der Waals surface area (Å²) >= 11 is 0. The molecule has 3 rings (SSSR count). The van der Waals surface area contributed by atoms with E-state index in [0.717, 1.165) is 12.0 Å². The molecule has 0 saturated heterocycles. The fourth-order valence-corrected chi connectivity index (χ4v) is 2.66. The first kappa shape index (κ1) is 17.7. The van der Waals surface area contributed by atoms with E-state index in [9.17, 15) is 4.79 Å². The summed E-state index contributed by atoms with van der Waals surface area (Å²) in [5.74, 6) is 1.26. The molecule has 1 atom stereocenters. The molecule has 1 aromatic heterocycles. The molecular weight excluding hydrogens is 330 g/mol. The molecule has 0 fully saturated rings. The number of aryl methyl sites for hydroxylation is 1. The van der Waals surface area contributed by atoms with E-state index >= 15 is 0 Å². The summed E-state index contributed by atoms with van der Waals surface area (Å²) in [6.45, 7) is 3.69. The largest absolute Gasteiger partial charge is 0.483 e. The third-order valence-corrected chi connectivity index (χ3v) is 3.95. The highest BCUT2D eigenvalue weighted by molar-refractivity contribution is 5.78. The second-order valence-electron chi connectivity index (χ2n) is 5.87. The zero-order valence-corrected chi connectivity index (χ0v) is 14.8. The normalized spacial score (nSPS) is 11.8. The van der Waals surface area contributed by atoms with Crippen LogP contribution >= 0.6 is 0 Å². The molecule has 1 heterocycles. The van der Waals surface area contributed by atoms with Gasteiger partial charge in [-0.3, -0.25) is 4.79 Å². The first-order valence-electron chi connectivity index (χ1n) is 8.54. The second-order valence-corrected chi connectivity index (χ2v) is 5.87. The van der Waals surface area contributed by atoms with Gasteiger partial charge in [0.05, 0.1) is 11.6 Å². The lowest BCUT2D eigenvalue weighted by Crippen LogP contribution is -2.32. The molecule has 0 spiro atoms. The summed E-state index contributed by atoms with van der Waals surface area (Å²) in [5, 5.41) is 6.79. The molecule has 6 heteroatoms. The zero-order valence-electron chi connectivity index (χ0n) is 14.8. The molecule has 134 valence electrons. The monoisotopic (exact) mass is 351 g/mol. The second kappa shape index (κ2) is 8.29. The molecule has 0 saturated carbocycles. The fraction of sp³-hybridized carbons (Fsp3) is 0.250. The first-order valence-corrected chi connectivity index (χ1v) is 8.54. The number of nitrogens with one attached hydrogen (secondary N) is 1. The number of ether oxygens (including phenoxy) is 1. The Hall–Kier alpha value is -3.15. The first-order chi connectivity index (χ1) is 12.7. The lowest BCUT2D eigenvalue weighted by molar-refractivity contribution is -0.123. The van der Waals surface area contributed by atoms with Gasteiger partial charge in [0.1, 0.15) is 5.75 Å². The number of hydrogen-bond donors (Lipinski definition) is 1. The smallest absolute Gasteiger partial charge is 0.261 e. The van der Waals surface area contributed by atoms with Gasteiger partial charge in [-0.05, 0) is 31.0 Å². The summed E-state index contributed by atoms with van der Waals surface area (Å²) in [6.07, 6.45) is 0.799. The predicted molar refractivity (Wildman–Crippen MR) is 97.6 cm³/mol. The van der Waals surface area contributed by atoms with Crippen LogP contribution in [0.4, 0.5) is 0 Å². The number of rotatable bonds is 7. The summed E-state index contributed by atoms with van der Waals surface area (Å²) in [7, 11) is 0. The third kappa shape index (κ3) is 4.27. The quantitative estimate of drug-likeness (QED) is 0.702. The molecule has 6 nitrogen and oxygen atoms in total. The standard InChI is InChI=1S/C20H21N3O3/c1-3-17(15-9-5-4-6-10-15)22-19(24)13-25-18-12-8-7-11-16(18)20-21-14(2)23-26-20/h4-12,17H,3,13H2,1-2H3,(H,22,24)/t17-/m0/s1. The average Bonchev–Trinajstić information content (AvgIpc) is 3.11. The lowest BCUT2D eigenvalue weighted by Gasteiger charge is -2.18. The Labute approximate surface area is 152 Å². The van der Waals surface area contributed by atoms with Crippen molar-refractivity contribution in [2.45, 2.75) is 26.3 Å². The molecule has 0 aliphatic heterocycles. The van der Waals surface area contributed by atoms with Crippen molar-refractivity contribution in [2.75, 3.05) is 6.61 Å². The van der Waals surface area contributed by atoms with Gasteiger partial charge in [0.2, 0.25) is 0 Å². The topological polar surface area (TPSA) is 77.2 Å². The van der Waals surface area contributed by atoms with Crippen molar-refractivity contribution in [3.8, 4) is 17.2 Å². The molecule has 0 bridgehead atoms. The van der Waals surface area contributed by atoms with Gasteiger partial charge >= 0.3 is 0 Å². The molecule has 0 aliphatic rings. The van der Waals surface area contributed by atoms with Crippen LogP contribution in [0.15, 0.2) is 59.1 Å². The van der Waals surface area contributed by atoms with Crippen molar-refractivity contribution in [3.05, 3.63) is 66.0 Å². The summed E-state index contributed by atoms with van der Waals surface area (Å²) in [6, 6.07) is 17.1. The summed E-state index contributed by atoms with van der Waals surface area (Å²) in [4.78, 5) is 16.5. The molecule has 0 aliphatic carbocycles. The number of hydrogen-bond acceptors (Lipinski definition) is 5. The number of aromatic nitrogens is 2. The minimum absolute atomic E-state index is 0.0406. The van der Waals surface area contributed by atoms with Gasteiger partial charge in [-0.2, -0.15) is 4.98 Å². The Morgan fingerprint density at radius 2 is 1.88 bits per heavy atom. The fourth-order valence-electron chi connectivity index (χ4n) is 2.66. The van der Waals surface area contributed by atoms with Crippen molar-refractivity contribution in [1.29, 1.82) is 0 Å². The Kier molecular flexibility index (Phi) is 5.63. The number of carbonyl (C=O) groups excluding carboxylic acids is 1. The van der Waals surface area contributed by atoms with Crippen LogP contribution in [0.5, 0.6) is 5.75 Å². The highest BCUT2D eigenvalue weighted by atomic mass is 16.5. The van der Waals surface area contributed by atoms with Crippen LogP contribution in [0, 0.1) is 6.92 Å². The lowest BCUT2D eigenvalue weighted by atomic mass is 10.0. The molecule has 1 amide bonds. The average molecular weight is 351 g/mol. The Balaban J connectivity index is 1.65. The summed E-state index contributed by atoms with van der Waals surface area (Å²) in [5.41, 5.74) is 1.74. The van der Waals surface area contributed by atoms with Crippen LogP contribution in [0.1, 0.15) is 30.8 Å². The Morgan fingerprint density at radius 1 is 1.15 bits per heavy atom. The van der Waals surface area contributed by atoms with Crippen molar-refractivity contribution >= 4 is 5.91 Å². The minimum atomic E-state index is -0.183. The molecule has 26 heavy (non-hydrogen) atoms. The molecular formula is C20H21N3O3. The van der Waals surface area contributed by atoms with E-state index in [1.807, 2.05) is 55.5 Å². The van der Waals surface area contributed by atoms with E-state index in [1.54, 1.807) is 13.0 Å². The van der Waals surface area contributed by atoms with Crippen molar-refractivity contribution in [1.82, 2.24) is 15.5 Å². The van der Waals surface area contributed by atoms with E-state index in [4.69, 9.17) is 9.26 Å². The predicted octanol–water partition coefficient (Wildman–Crippen LogP) is 3.69. The van der Waals surface area contributed by atoms with E-state index < -0.39 is 0 Å². The minimum Gasteiger partial charge on any atom is -0.483 e. The van der Waals surface area contributed by atoms with E-state index in [0.29, 0.717) is 23.0 Å². The number of nitrogens with zero attached hydrogens (tertiary/aromatic N) is 2. The van der Waals surface area contributed by atoms with Crippen LogP contribution in [-0.4, -0.2) is 22.7 Å². The SMILES string of the molecule is CC[C@H](NC(=O)COc1ccccc1-c1nc(C)no1)c1ccccc1. The maximum atomic E-state index is 12.3. The Morgan fingerprint density at radius 3 is 2.58 bits per heavy atom. The van der Waals surface area contributed by atoms with Crippen LogP contribution in [-0.2, 0) is 4.79 Å². The summed E-state index contributed by atoms with van der Waals surface area (Å²) < 4.78 is 10.9. The number of para-hydroxylation sites is 1. The number of carbonyl (C=O) groups is 1. The molecule has 0 unspecified atom stereocenters. The van der Waals surface area contributed by atoms with Crippen molar-refractivity contribution in [3.63, 3.8) is 0 Å². The van der Waals surface area contributed by atoms with E-state index in [-0.39, 0.29) is 18.6 Å². The van der Waals surface area contributed by atoms with Crippen LogP contribution in [0.3, 0.4) is 0 Å². The molecule has 3 aromatic rings. The highest BCUT2D eigenvalue weighted by Crippen LogP contribution is 2.28. The van der Waals surface area contributed by atoms with Gasteiger partial charge in [-0.15, -0.1) is 0 Å². The van der Waals surface area contributed by atoms with Gasteiger partial charge in [0.25, 0.3) is 11.8 Å². The van der Waals surface area contributed by atoms with Gasteiger partial charge in [0.15, 0.2) is 12.4 Å². The van der Waals surface area contributed by atoms with Crippen molar-refractivity contribution < 1.29 is 14.1 Å². The van der Waals surface area contributed by atoms with Crippen LogP contribution in [0.25, 0.3) is 11.5 Å². The maximum Gasteiger partial charge on any atom is 0.261 e. The van der Waals surface area contributed by atoms with Gasteiger partial charge in [0, 0.05) is 0 Å².